The van der Waals surface area contributed by atoms with Gasteiger partial charge in [-0.05, 0) is 34.8 Å². The summed E-state index contributed by atoms with van der Waals surface area (Å²) in [6.45, 7) is 0.793. The third-order valence-electron chi connectivity index (χ3n) is 3.48. The molecule has 2 N–H and O–H groups in total. The zero-order valence-electron chi connectivity index (χ0n) is 12.4. The molecule has 1 unspecified atom stereocenters. The van der Waals surface area contributed by atoms with E-state index in [4.69, 9.17) is 15.2 Å². The van der Waals surface area contributed by atoms with Crippen LogP contribution in [-0.2, 0) is 10.0 Å². The van der Waals surface area contributed by atoms with Crippen molar-refractivity contribution in [3.05, 3.63) is 16.6 Å². The lowest BCUT2D eigenvalue weighted by Gasteiger charge is -2.30. The van der Waals surface area contributed by atoms with Crippen LogP contribution in [0.3, 0.4) is 0 Å². The fraction of sp³-hybridized carbons (Fsp3) is 0.538. The standard InChI is InChI=1S/C13H19BrN2O4S.ClH/c1-19-11-7-13(12(20-2)6-10(11)14)21(17,18)16-5-3-4-9(15)8-16;/h6-7,9H,3-5,8,15H2,1-2H3;1H. The van der Waals surface area contributed by atoms with Crippen molar-refractivity contribution in [2.45, 2.75) is 23.8 Å². The highest BCUT2D eigenvalue weighted by molar-refractivity contribution is 9.10. The van der Waals surface area contributed by atoms with E-state index in [1.807, 2.05) is 0 Å². The van der Waals surface area contributed by atoms with Gasteiger partial charge < -0.3 is 15.2 Å². The van der Waals surface area contributed by atoms with Crippen LogP contribution < -0.4 is 15.2 Å². The highest BCUT2D eigenvalue weighted by Crippen LogP contribution is 2.37. The van der Waals surface area contributed by atoms with E-state index in [0.29, 0.717) is 23.3 Å². The maximum absolute atomic E-state index is 12.8. The van der Waals surface area contributed by atoms with Gasteiger partial charge in [-0.25, -0.2) is 8.42 Å². The lowest BCUT2D eigenvalue weighted by atomic mass is 10.1. The third kappa shape index (κ3) is 3.86. The molecule has 0 amide bonds. The Morgan fingerprint density at radius 1 is 1.27 bits per heavy atom. The molecular weight excluding hydrogens is 396 g/mol. The number of rotatable bonds is 4. The molecule has 2 rings (SSSR count). The van der Waals surface area contributed by atoms with Gasteiger partial charge in [-0.15, -0.1) is 12.4 Å². The first-order chi connectivity index (χ1) is 9.90. The van der Waals surface area contributed by atoms with Crippen LogP contribution in [0.2, 0.25) is 0 Å². The minimum Gasteiger partial charge on any atom is -0.496 e. The van der Waals surface area contributed by atoms with E-state index in [1.165, 1.54) is 24.6 Å². The highest BCUT2D eigenvalue weighted by Gasteiger charge is 2.32. The summed E-state index contributed by atoms with van der Waals surface area (Å²) in [5.41, 5.74) is 5.88. The van der Waals surface area contributed by atoms with Crippen molar-refractivity contribution in [1.29, 1.82) is 0 Å². The molecule has 0 radical (unpaired) electrons. The Bertz CT molecular complexity index is 627. The molecule has 22 heavy (non-hydrogen) atoms. The Hall–Kier alpha value is -0.540. The number of benzene rings is 1. The molecule has 0 aromatic heterocycles. The van der Waals surface area contributed by atoms with Gasteiger partial charge in [-0.2, -0.15) is 4.31 Å². The minimum atomic E-state index is -3.66. The maximum Gasteiger partial charge on any atom is 0.246 e. The van der Waals surface area contributed by atoms with Crippen molar-refractivity contribution < 1.29 is 17.9 Å². The van der Waals surface area contributed by atoms with Crippen LogP contribution >= 0.6 is 28.3 Å². The quantitative estimate of drug-likeness (QED) is 0.813. The molecule has 0 spiro atoms. The largest absolute Gasteiger partial charge is 0.496 e. The summed E-state index contributed by atoms with van der Waals surface area (Å²) in [6.07, 6.45) is 1.60. The normalized spacial score (nSPS) is 19.4. The number of hydrogen-bond acceptors (Lipinski definition) is 5. The number of halogens is 2. The predicted molar refractivity (Wildman–Crippen MR) is 90.5 cm³/mol. The van der Waals surface area contributed by atoms with E-state index in [-0.39, 0.29) is 29.1 Å². The van der Waals surface area contributed by atoms with Gasteiger partial charge in [0.25, 0.3) is 0 Å². The molecule has 1 aliphatic rings. The predicted octanol–water partition coefficient (Wildman–Crippen LogP) is 2.00. The van der Waals surface area contributed by atoms with Crippen molar-refractivity contribution in [2.75, 3.05) is 27.3 Å². The van der Waals surface area contributed by atoms with Crippen molar-refractivity contribution >= 4 is 38.4 Å². The van der Waals surface area contributed by atoms with E-state index in [2.05, 4.69) is 15.9 Å². The Balaban J connectivity index is 0.00000242. The van der Waals surface area contributed by atoms with Gasteiger partial charge in [0.15, 0.2) is 0 Å². The molecule has 1 heterocycles. The maximum atomic E-state index is 12.8. The lowest BCUT2D eigenvalue weighted by molar-refractivity contribution is 0.313. The molecule has 1 aliphatic heterocycles. The molecule has 0 saturated carbocycles. The Kier molecular flexibility index (Phi) is 6.94. The van der Waals surface area contributed by atoms with E-state index in [9.17, 15) is 8.42 Å². The second kappa shape index (κ2) is 7.83. The average molecular weight is 416 g/mol. The zero-order valence-corrected chi connectivity index (χ0v) is 15.6. The minimum absolute atomic E-state index is 0. The number of nitrogens with zero attached hydrogens (tertiary/aromatic N) is 1. The van der Waals surface area contributed by atoms with Gasteiger partial charge in [-0.3, -0.25) is 0 Å². The first kappa shape index (κ1) is 19.5. The van der Waals surface area contributed by atoms with Crippen LogP contribution in [0, 0.1) is 0 Å². The fourth-order valence-electron chi connectivity index (χ4n) is 2.37. The zero-order chi connectivity index (χ0) is 15.6. The van der Waals surface area contributed by atoms with Gasteiger partial charge in [0, 0.05) is 25.2 Å². The van der Waals surface area contributed by atoms with E-state index in [1.54, 1.807) is 6.07 Å². The Morgan fingerprint density at radius 2 is 1.91 bits per heavy atom. The van der Waals surface area contributed by atoms with Crippen LogP contribution in [0.15, 0.2) is 21.5 Å². The topological polar surface area (TPSA) is 81.9 Å². The van der Waals surface area contributed by atoms with E-state index >= 15 is 0 Å². The summed E-state index contributed by atoms with van der Waals surface area (Å²) < 4.78 is 38.1. The van der Waals surface area contributed by atoms with Gasteiger partial charge in [0.2, 0.25) is 10.0 Å². The summed E-state index contributed by atoms with van der Waals surface area (Å²) in [5, 5.41) is 0. The number of hydrogen-bond donors (Lipinski definition) is 1. The molecule has 1 atom stereocenters. The molecule has 1 aromatic rings. The molecular formula is C13H20BrClN2O4S. The number of nitrogens with two attached hydrogens (primary N) is 1. The van der Waals surface area contributed by atoms with Gasteiger partial charge in [0.05, 0.1) is 18.7 Å². The summed E-state index contributed by atoms with van der Waals surface area (Å²) in [5.74, 6) is 0.720. The number of methoxy groups -OCH3 is 2. The van der Waals surface area contributed by atoms with Crippen molar-refractivity contribution in [2.24, 2.45) is 5.73 Å². The fourth-order valence-corrected chi connectivity index (χ4v) is 4.54. The second-order valence-corrected chi connectivity index (χ2v) is 7.66. The molecule has 126 valence electrons. The summed E-state index contributed by atoms with van der Waals surface area (Å²) in [6, 6.07) is 2.94. The SMILES string of the molecule is COc1cc(S(=O)(=O)N2CCCC(N)C2)c(OC)cc1Br.Cl. The van der Waals surface area contributed by atoms with Crippen molar-refractivity contribution in [3.8, 4) is 11.5 Å². The van der Waals surface area contributed by atoms with Crippen LogP contribution in [0.5, 0.6) is 11.5 Å². The van der Waals surface area contributed by atoms with Gasteiger partial charge in [-0.1, -0.05) is 0 Å². The molecule has 1 fully saturated rings. The first-order valence-corrected chi connectivity index (χ1v) is 8.80. The molecule has 6 nitrogen and oxygen atoms in total. The number of sulfonamides is 1. The highest BCUT2D eigenvalue weighted by atomic mass is 79.9. The smallest absolute Gasteiger partial charge is 0.246 e. The monoisotopic (exact) mass is 414 g/mol. The van der Waals surface area contributed by atoms with Crippen molar-refractivity contribution in [3.63, 3.8) is 0 Å². The molecule has 1 saturated heterocycles. The molecule has 0 aliphatic carbocycles. The van der Waals surface area contributed by atoms with Crippen molar-refractivity contribution in [1.82, 2.24) is 4.31 Å². The third-order valence-corrected chi connectivity index (χ3v) is 5.98. The van der Waals surface area contributed by atoms with Crippen LogP contribution in [0.1, 0.15) is 12.8 Å². The second-order valence-electron chi connectivity index (χ2n) is 4.90. The van der Waals surface area contributed by atoms with Crippen LogP contribution in [0.4, 0.5) is 0 Å². The van der Waals surface area contributed by atoms with E-state index in [0.717, 1.165) is 12.8 Å². The molecule has 1 aromatic carbocycles. The van der Waals surface area contributed by atoms with E-state index < -0.39 is 10.0 Å². The molecule has 0 bridgehead atoms. The van der Waals surface area contributed by atoms with Crippen LogP contribution in [-0.4, -0.2) is 46.1 Å². The number of ether oxygens (including phenoxy) is 2. The van der Waals surface area contributed by atoms with Gasteiger partial charge in [0.1, 0.15) is 16.4 Å². The summed E-state index contributed by atoms with van der Waals surface area (Å²) >= 11 is 3.32. The first-order valence-electron chi connectivity index (χ1n) is 6.57. The average Bonchev–Trinajstić information content (AvgIpc) is 2.46. The number of piperidine rings is 1. The van der Waals surface area contributed by atoms with Gasteiger partial charge >= 0.3 is 0 Å². The summed E-state index contributed by atoms with van der Waals surface area (Å²) in [4.78, 5) is 0.0964. The Labute approximate surface area is 145 Å². The Morgan fingerprint density at radius 3 is 2.45 bits per heavy atom. The lowest BCUT2D eigenvalue weighted by Crippen LogP contribution is -2.45. The summed E-state index contributed by atoms with van der Waals surface area (Å²) in [7, 11) is -0.734. The molecule has 9 heteroatoms. The van der Waals surface area contributed by atoms with Crippen LogP contribution in [0.25, 0.3) is 0 Å².